The zero-order chi connectivity index (χ0) is 21.1. The molecule has 160 valence electrons. The summed E-state index contributed by atoms with van der Waals surface area (Å²) >= 11 is 1.64. The second kappa shape index (κ2) is 9.25. The summed E-state index contributed by atoms with van der Waals surface area (Å²) in [6.45, 7) is 6.94. The van der Waals surface area contributed by atoms with Crippen LogP contribution in [0.1, 0.15) is 53.1 Å². The average Bonchev–Trinajstić information content (AvgIpc) is 3.42. The molecule has 7 heteroatoms. The summed E-state index contributed by atoms with van der Waals surface area (Å²) in [4.78, 5) is 30.8. The maximum absolute atomic E-state index is 13.2. The Balaban J connectivity index is 1.39. The van der Waals surface area contributed by atoms with E-state index in [1.807, 2.05) is 47.9 Å². The van der Waals surface area contributed by atoms with Gasteiger partial charge in [-0.3, -0.25) is 9.59 Å². The standard InChI is InChI=1S/C23H29N3O3S/c1-16-20(17(2)29-24-16)15-30-21-8-4-3-7-19(21)23(28)26-13-9-18(10-14-26)22(27)25-11-5-6-12-25/h3-4,7-8,18H,5-6,9-15H2,1-2H3. The number of aromatic nitrogens is 1. The third-order valence-corrected chi connectivity index (χ3v) is 7.32. The van der Waals surface area contributed by atoms with Crippen LogP contribution < -0.4 is 0 Å². The van der Waals surface area contributed by atoms with Crippen LogP contribution >= 0.6 is 11.8 Å². The molecule has 0 unspecified atom stereocenters. The molecule has 1 aromatic carbocycles. The van der Waals surface area contributed by atoms with E-state index < -0.39 is 0 Å². The van der Waals surface area contributed by atoms with Gasteiger partial charge in [0.15, 0.2) is 0 Å². The minimum atomic E-state index is 0.0592. The van der Waals surface area contributed by atoms with Crippen molar-refractivity contribution in [2.45, 2.75) is 50.2 Å². The first kappa shape index (κ1) is 21.0. The molecule has 30 heavy (non-hydrogen) atoms. The van der Waals surface area contributed by atoms with E-state index in [1.165, 1.54) is 0 Å². The van der Waals surface area contributed by atoms with Crippen molar-refractivity contribution in [1.82, 2.24) is 15.0 Å². The van der Waals surface area contributed by atoms with Crippen LogP contribution in [0.2, 0.25) is 0 Å². The third kappa shape index (κ3) is 4.41. The number of hydrogen-bond donors (Lipinski definition) is 0. The number of piperidine rings is 1. The molecule has 0 atom stereocenters. The SMILES string of the molecule is Cc1noc(C)c1CSc1ccccc1C(=O)N1CCC(C(=O)N2CCCC2)CC1. The number of aryl methyl sites for hydroxylation is 2. The Kier molecular flexibility index (Phi) is 6.46. The Hall–Kier alpha value is -2.28. The smallest absolute Gasteiger partial charge is 0.254 e. The highest BCUT2D eigenvalue weighted by molar-refractivity contribution is 7.98. The van der Waals surface area contributed by atoms with E-state index in [0.29, 0.717) is 13.1 Å². The summed E-state index contributed by atoms with van der Waals surface area (Å²) in [5.74, 6) is 1.96. The van der Waals surface area contributed by atoms with Gasteiger partial charge in [-0.1, -0.05) is 17.3 Å². The van der Waals surface area contributed by atoms with Gasteiger partial charge in [-0.05, 0) is 51.7 Å². The first-order chi connectivity index (χ1) is 14.5. The number of carbonyl (C=O) groups is 2. The van der Waals surface area contributed by atoms with Gasteiger partial charge in [0.05, 0.1) is 11.3 Å². The molecule has 1 aromatic heterocycles. The molecule has 2 saturated heterocycles. The average molecular weight is 428 g/mol. The summed E-state index contributed by atoms with van der Waals surface area (Å²) in [6, 6.07) is 7.78. The topological polar surface area (TPSA) is 66.7 Å². The van der Waals surface area contributed by atoms with Gasteiger partial charge in [-0.25, -0.2) is 0 Å². The van der Waals surface area contributed by atoms with Gasteiger partial charge in [0.1, 0.15) is 5.76 Å². The van der Waals surface area contributed by atoms with Crippen LogP contribution in [-0.4, -0.2) is 52.9 Å². The Morgan fingerprint density at radius 2 is 1.77 bits per heavy atom. The van der Waals surface area contributed by atoms with E-state index in [9.17, 15) is 9.59 Å². The number of thioether (sulfide) groups is 1. The van der Waals surface area contributed by atoms with Crippen molar-refractivity contribution in [3.8, 4) is 0 Å². The quantitative estimate of drug-likeness (QED) is 0.673. The summed E-state index contributed by atoms with van der Waals surface area (Å²) in [5.41, 5.74) is 2.72. The maximum atomic E-state index is 13.2. The molecular weight excluding hydrogens is 398 g/mol. The Morgan fingerprint density at radius 3 is 2.43 bits per heavy atom. The van der Waals surface area contributed by atoms with Crippen molar-refractivity contribution in [3.05, 3.63) is 46.8 Å². The fraction of sp³-hybridized carbons (Fsp3) is 0.522. The van der Waals surface area contributed by atoms with E-state index in [0.717, 1.165) is 72.0 Å². The molecule has 6 nitrogen and oxygen atoms in total. The molecule has 3 heterocycles. The highest BCUT2D eigenvalue weighted by Gasteiger charge is 2.32. The Bertz CT molecular complexity index is 893. The van der Waals surface area contributed by atoms with Gasteiger partial charge in [0, 0.05) is 48.3 Å². The lowest BCUT2D eigenvalue weighted by molar-refractivity contribution is -0.135. The van der Waals surface area contributed by atoms with Crippen molar-refractivity contribution < 1.29 is 14.1 Å². The van der Waals surface area contributed by atoms with E-state index >= 15 is 0 Å². The summed E-state index contributed by atoms with van der Waals surface area (Å²) in [6.07, 6.45) is 3.75. The zero-order valence-corrected chi connectivity index (χ0v) is 18.5. The normalized spacial score (nSPS) is 17.5. The molecule has 2 amide bonds. The molecule has 0 N–H and O–H groups in total. The van der Waals surface area contributed by atoms with Crippen LogP contribution in [0.5, 0.6) is 0 Å². The van der Waals surface area contributed by atoms with Gasteiger partial charge in [0.2, 0.25) is 5.91 Å². The van der Waals surface area contributed by atoms with E-state index in [1.54, 1.807) is 11.8 Å². The lowest BCUT2D eigenvalue weighted by atomic mass is 9.95. The molecule has 2 aliphatic rings. The minimum absolute atomic E-state index is 0.0592. The van der Waals surface area contributed by atoms with Crippen molar-refractivity contribution in [3.63, 3.8) is 0 Å². The minimum Gasteiger partial charge on any atom is -0.361 e. The summed E-state index contributed by atoms with van der Waals surface area (Å²) < 4.78 is 5.25. The fourth-order valence-electron chi connectivity index (χ4n) is 4.32. The van der Waals surface area contributed by atoms with E-state index in [-0.39, 0.29) is 17.7 Å². The molecule has 2 aliphatic heterocycles. The summed E-state index contributed by atoms with van der Waals surface area (Å²) in [7, 11) is 0. The van der Waals surface area contributed by atoms with Gasteiger partial charge in [-0.2, -0.15) is 0 Å². The monoisotopic (exact) mass is 427 g/mol. The number of rotatable bonds is 5. The van der Waals surface area contributed by atoms with Crippen LogP contribution in [0.3, 0.4) is 0 Å². The van der Waals surface area contributed by atoms with Crippen molar-refractivity contribution >= 4 is 23.6 Å². The lowest BCUT2D eigenvalue weighted by Crippen LogP contribution is -2.43. The number of hydrogen-bond acceptors (Lipinski definition) is 5. The summed E-state index contributed by atoms with van der Waals surface area (Å²) in [5, 5.41) is 4.01. The Labute approximate surface area is 182 Å². The predicted molar refractivity (Wildman–Crippen MR) is 116 cm³/mol. The molecule has 0 aliphatic carbocycles. The fourth-order valence-corrected chi connectivity index (χ4v) is 5.52. The molecule has 0 bridgehead atoms. The number of nitrogens with zero attached hydrogens (tertiary/aromatic N) is 3. The number of carbonyl (C=O) groups excluding carboxylic acids is 2. The van der Waals surface area contributed by atoms with Crippen LogP contribution in [0.25, 0.3) is 0 Å². The van der Waals surface area contributed by atoms with Crippen molar-refractivity contribution in [2.24, 2.45) is 5.92 Å². The second-order valence-corrected chi connectivity index (χ2v) is 9.20. The highest BCUT2D eigenvalue weighted by atomic mass is 32.2. The van der Waals surface area contributed by atoms with Crippen LogP contribution in [0, 0.1) is 19.8 Å². The predicted octanol–water partition coefficient (Wildman–Crippen LogP) is 4.06. The Morgan fingerprint density at radius 1 is 1.07 bits per heavy atom. The van der Waals surface area contributed by atoms with Crippen LogP contribution in [0.4, 0.5) is 0 Å². The van der Waals surface area contributed by atoms with Gasteiger partial charge >= 0.3 is 0 Å². The largest absolute Gasteiger partial charge is 0.361 e. The van der Waals surface area contributed by atoms with Gasteiger partial charge < -0.3 is 14.3 Å². The molecule has 4 rings (SSSR count). The highest BCUT2D eigenvalue weighted by Crippen LogP contribution is 2.30. The van der Waals surface area contributed by atoms with Crippen LogP contribution in [-0.2, 0) is 10.5 Å². The molecule has 0 radical (unpaired) electrons. The molecular formula is C23H29N3O3S. The second-order valence-electron chi connectivity index (χ2n) is 8.19. The van der Waals surface area contributed by atoms with Gasteiger partial charge in [0.25, 0.3) is 5.91 Å². The molecule has 0 saturated carbocycles. The molecule has 2 fully saturated rings. The van der Waals surface area contributed by atoms with Crippen molar-refractivity contribution in [1.29, 1.82) is 0 Å². The number of amides is 2. The third-order valence-electron chi connectivity index (χ3n) is 6.22. The van der Waals surface area contributed by atoms with Crippen LogP contribution in [0.15, 0.2) is 33.7 Å². The first-order valence-electron chi connectivity index (χ1n) is 10.8. The zero-order valence-electron chi connectivity index (χ0n) is 17.7. The molecule has 2 aromatic rings. The van der Waals surface area contributed by atoms with Gasteiger partial charge in [-0.15, -0.1) is 11.8 Å². The maximum Gasteiger partial charge on any atom is 0.254 e. The van der Waals surface area contributed by atoms with E-state index in [2.05, 4.69) is 5.16 Å². The number of benzene rings is 1. The lowest BCUT2D eigenvalue weighted by Gasteiger charge is -2.33. The first-order valence-corrected chi connectivity index (χ1v) is 11.7. The molecule has 0 spiro atoms. The van der Waals surface area contributed by atoms with E-state index in [4.69, 9.17) is 4.52 Å². The number of likely N-dealkylation sites (tertiary alicyclic amines) is 2. The van der Waals surface area contributed by atoms with Crippen molar-refractivity contribution in [2.75, 3.05) is 26.2 Å².